The number of nitrogens with one attached hydrogen (secondary N) is 1. The number of nitrogens with zero attached hydrogens (tertiary/aromatic N) is 3. The van der Waals surface area contributed by atoms with Crippen molar-refractivity contribution in [2.24, 2.45) is 5.73 Å². The minimum atomic E-state index is -0.472. The Morgan fingerprint density at radius 1 is 1.30 bits per heavy atom. The fraction of sp³-hybridized carbons (Fsp3) is 0.450. The number of nitrogens with two attached hydrogens (primary N) is 1. The summed E-state index contributed by atoms with van der Waals surface area (Å²) in [6.07, 6.45) is 5.98. The molecule has 0 saturated carbocycles. The summed E-state index contributed by atoms with van der Waals surface area (Å²) in [5.41, 5.74) is 9.52. The Morgan fingerprint density at radius 3 is 2.85 bits per heavy atom. The molecule has 2 heterocycles. The highest BCUT2D eigenvalue weighted by molar-refractivity contribution is 5.74. The number of hydrogen-bond acceptors (Lipinski definition) is 5. The average Bonchev–Trinajstić information content (AvgIpc) is 3.06. The van der Waals surface area contributed by atoms with Gasteiger partial charge in [-0.3, -0.25) is 4.98 Å². The van der Waals surface area contributed by atoms with Crippen LogP contribution in [0.3, 0.4) is 0 Å². The van der Waals surface area contributed by atoms with Gasteiger partial charge >= 0.3 is 6.03 Å². The summed E-state index contributed by atoms with van der Waals surface area (Å²) in [4.78, 5) is 23.0. The number of amides is 2. The van der Waals surface area contributed by atoms with Crippen LogP contribution in [0.1, 0.15) is 24.5 Å². The summed E-state index contributed by atoms with van der Waals surface area (Å²) in [5, 5.41) is 2.97. The summed E-state index contributed by atoms with van der Waals surface area (Å²) in [6.45, 7) is 5.16. The average molecular weight is 367 g/mol. The van der Waals surface area contributed by atoms with Crippen LogP contribution in [-0.2, 0) is 17.6 Å². The first-order valence-corrected chi connectivity index (χ1v) is 9.44. The van der Waals surface area contributed by atoms with E-state index < -0.39 is 6.03 Å². The van der Waals surface area contributed by atoms with Crippen molar-refractivity contribution in [1.82, 2.24) is 15.3 Å². The van der Waals surface area contributed by atoms with Gasteiger partial charge in [-0.15, -0.1) is 0 Å². The van der Waals surface area contributed by atoms with E-state index in [0.29, 0.717) is 13.2 Å². The van der Waals surface area contributed by atoms with Gasteiger partial charge in [0.25, 0.3) is 0 Å². The van der Waals surface area contributed by atoms with Gasteiger partial charge in [-0.05, 0) is 30.4 Å². The molecule has 2 aromatic rings. The van der Waals surface area contributed by atoms with Crippen molar-refractivity contribution in [3.05, 3.63) is 41.7 Å². The highest BCUT2D eigenvalue weighted by Crippen LogP contribution is 2.38. The lowest BCUT2D eigenvalue weighted by molar-refractivity contribution is 0.122. The summed E-state index contributed by atoms with van der Waals surface area (Å²) in [5.74, 6) is 0.878. The molecule has 27 heavy (non-hydrogen) atoms. The highest BCUT2D eigenvalue weighted by Gasteiger charge is 2.38. The predicted molar refractivity (Wildman–Crippen MR) is 104 cm³/mol. The largest absolute Gasteiger partial charge is 0.378 e. The number of carbonyl (C=O) groups is 1. The van der Waals surface area contributed by atoms with Gasteiger partial charge in [-0.1, -0.05) is 25.1 Å². The molecule has 1 atom stereocenters. The molecule has 0 spiro atoms. The fourth-order valence-corrected chi connectivity index (χ4v) is 4.13. The third-order valence-electron chi connectivity index (χ3n) is 5.62. The molecule has 1 aliphatic carbocycles. The Morgan fingerprint density at radius 2 is 2.11 bits per heavy atom. The lowest BCUT2D eigenvalue weighted by atomic mass is 9.92. The maximum atomic E-state index is 11.5. The smallest absolute Gasteiger partial charge is 0.312 e. The first kappa shape index (κ1) is 17.7. The van der Waals surface area contributed by atoms with Crippen LogP contribution in [0.5, 0.6) is 0 Å². The second-order valence-electron chi connectivity index (χ2n) is 7.28. The monoisotopic (exact) mass is 367 g/mol. The molecule has 3 N–H and O–H groups in total. The van der Waals surface area contributed by atoms with E-state index in [9.17, 15) is 4.79 Å². The number of hydrogen-bond donors (Lipinski definition) is 2. The van der Waals surface area contributed by atoms with Gasteiger partial charge in [0.2, 0.25) is 0 Å². The molecule has 2 aliphatic rings. The molecule has 1 saturated heterocycles. The number of ether oxygens (including phenoxy) is 1. The highest BCUT2D eigenvalue weighted by atomic mass is 16.5. The van der Waals surface area contributed by atoms with Crippen LogP contribution >= 0.6 is 0 Å². The summed E-state index contributed by atoms with van der Waals surface area (Å²) in [7, 11) is 0. The Bertz CT molecular complexity index is 850. The van der Waals surface area contributed by atoms with Gasteiger partial charge in [0, 0.05) is 24.2 Å². The van der Waals surface area contributed by atoms with Gasteiger partial charge in [0.15, 0.2) is 0 Å². The second kappa shape index (κ2) is 7.15. The minimum Gasteiger partial charge on any atom is -0.378 e. The van der Waals surface area contributed by atoms with Crippen molar-refractivity contribution < 1.29 is 9.53 Å². The third kappa shape index (κ3) is 3.47. The van der Waals surface area contributed by atoms with E-state index in [1.54, 1.807) is 0 Å². The molecule has 7 heteroatoms. The van der Waals surface area contributed by atoms with Crippen molar-refractivity contribution in [1.29, 1.82) is 0 Å². The van der Waals surface area contributed by atoms with E-state index in [1.807, 2.05) is 18.5 Å². The van der Waals surface area contributed by atoms with E-state index >= 15 is 0 Å². The molecule has 7 nitrogen and oxygen atoms in total. The van der Waals surface area contributed by atoms with Gasteiger partial charge in [-0.2, -0.15) is 0 Å². The lowest BCUT2D eigenvalue weighted by Gasteiger charge is -2.28. The first-order chi connectivity index (χ1) is 13.1. The number of rotatable bonds is 4. The number of morpholine rings is 1. The van der Waals surface area contributed by atoms with Crippen LogP contribution in [0, 0.1) is 0 Å². The number of anilines is 1. The Labute approximate surface area is 158 Å². The first-order valence-electron chi connectivity index (χ1n) is 9.44. The zero-order valence-corrected chi connectivity index (χ0v) is 15.6. The van der Waals surface area contributed by atoms with Crippen LogP contribution in [-0.4, -0.2) is 47.8 Å². The summed E-state index contributed by atoms with van der Waals surface area (Å²) >= 11 is 0. The van der Waals surface area contributed by atoms with E-state index in [2.05, 4.69) is 34.3 Å². The fourth-order valence-electron chi connectivity index (χ4n) is 4.13. The van der Waals surface area contributed by atoms with E-state index in [-0.39, 0.29) is 5.54 Å². The Hall–Kier alpha value is -2.67. The second-order valence-corrected chi connectivity index (χ2v) is 7.28. The van der Waals surface area contributed by atoms with E-state index in [0.717, 1.165) is 49.4 Å². The van der Waals surface area contributed by atoms with Gasteiger partial charge in [-0.25, -0.2) is 9.78 Å². The quantitative estimate of drug-likeness (QED) is 0.861. The van der Waals surface area contributed by atoms with Crippen LogP contribution in [0.4, 0.5) is 10.6 Å². The number of fused-ring (bicyclic) bond motifs is 1. The van der Waals surface area contributed by atoms with Crippen molar-refractivity contribution in [3.8, 4) is 11.3 Å². The predicted octanol–water partition coefficient (Wildman–Crippen LogP) is 1.90. The molecule has 1 fully saturated rings. The maximum absolute atomic E-state index is 11.5. The topological polar surface area (TPSA) is 93.4 Å². The number of benzene rings is 1. The molecular weight excluding hydrogens is 342 g/mol. The molecule has 0 bridgehead atoms. The SMILES string of the molecule is CCC1(NC(N)=O)Cc2cccc(-c3cncc(N4CCOCC4)n3)c2C1. The van der Waals surface area contributed by atoms with Crippen LogP contribution in [0.15, 0.2) is 30.6 Å². The molecule has 142 valence electrons. The van der Waals surface area contributed by atoms with Crippen molar-refractivity contribution in [2.75, 3.05) is 31.2 Å². The third-order valence-corrected chi connectivity index (χ3v) is 5.62. The molecule has 0 radical (unpaired) electrons. The van der Waals surface area contributed by atoms with Crippen LogP contribution < -0.4 is 16.0 Å². The number of primary amides is 1. The normalized spacial score (nSPS) is 21.7. The Balaban J connectivity index is 1.68. The lowest BCUT2D eigenvalue weighted by Crippen LogP contribution is -2.51. The van der Waals surface area contributed by atoms with Gasteiger partial charge < -0.3 is 20.7 Å². The Kier molecular flexibility index (Phi) is 4.70. The van der Waals surface area contributed by atoms with Crippen LogP contribution in [0.25, 0.3) is 11.3 Å². The molecule has 1 aromatic heterocycles. The van der Waals surface area contributed by atoms with Gasteiger partial charge in [0.05, 0.1) is 31.3 Å². The summed E-state index contributed by atoms with van der Waals surface area (Å²) < 4.78 is 5.43. The van der Waals surface area contributed by atoms with E-state index in [1.165, 1.54) is 11.1 Å². The number of urea groups is 1. The van der Waals surface area contributed by atoms with Crippen molar-refractivity contribution in [3.63, 3.8) is 0 Å². The molecule has 1 aromatic carbocycles. The van der Waals surface area contributed by atoms with Crippen LogP contribution in [0.2, 0.25) is 0 Å². The van der Waals surface area contributed by atoms with Crippen molar-refractivity contribution >= 4 is 11.8 Å². The zero-order chi connectivity index (χ0) is 18.9. The van der Waals surface area contributed by atoms with E-state index in [4.69, 9.17) is 15.5 Å². The summed E-state index contributed by atoms with van der Waals surface area (Å²) in [6, 6.07) is 5.79. The molecule has 4 rings (SSSR count). The maximum Gasteiger partial charge on any atom is 0.312 e. The van der Waals surface area contributed by atoms with Crippen molar-refractivity contribution in [2.45, 2.75) is 31.7 Å². The molecule has 1 unspecified atom stereocenters. The number of aromatic nitrogens is 2. The number of carbonyl (C=O) groups excluding carboxylic acids is 1. The standard InChI is InChI=1S/C20H25N5O2/c1-2-20(24-19(21)26)10-14-4-3-5-15(16(14)11-20)17-12-22-13-18(23-17)25-6-8-27-9-7-25/h3-5,12-13H,2,6-11H2,1H3,(H3,21,24,26). The minimum absolute atomic E-state index is 0.320. The molecule has 1 aliphatic heterocycles. The van der Waals surface area contributed by atoms with Gasteiger partial charge in [0.1, 0.15) is 5.82 Å². The molecule has 2 amide bonds. The zero-order valence-electron chi connectivity index (χ0n) is 15.6. The molecular formula is C20H25N5O2.